The van der Waals surface area contributed by atoms with Crippen molar-refractivity contribution in [2.45, 2.75) is 31.8 Å². The minimum atomic E-state index is -0.151. The van der Waals surface area contributed by atoms with Crippen molar-refractivity contribution in [2.24, 2.45) is 5.73 Å². The van der Waals surface area contributed by atoms with E-state index in [4.69, 9.17) is 17.3 Å². The van der Waals surface area contributed by atoms with E-state index < -0.39 is 0 Å². The zero-order valence-electron chi connectivity index (χ0n) is 10.2. The molecular weight excluding hydrogens is 248 g/mol. The molecule has 0 radical (unpaired) electrons. The fourth-order valence-electron chi connectivity index (χ4n) is 2.41. The van der Waals surface area contributed by atoms with Crippen LogP contribution in [0.4, 0.5) is 0 Å². The predicted octanol–water partition coefficient (Wildman–Crippen LogP) is 3.01. The van der Waals surface area contributed by atoms with Crippen molar-refractivity contribution in [3.63, 3.8) is 0 Å². The summed E-state index contributed by atoms with van der Waals surface area (Å²) in [5.41, 5.74) is 6.88. The Kier molecular flexibility index (Phi) is 2.68. The van der Waals surface area contributed by atoms with Gasteiger partial charge in [-0.05, 0) is 37.3 Å². The minimum absolute atomic E-state index is 0.00657. The first-order chi connectivity index (χ1) is 8.59. The van der Waals surface area contributed by atoms with Crippen LogP contribution in [0.15, 0.2) is 29.1 Å². The molecule has 2 aromatic rings. The number of rotatable bonds is 2. The van der Waals surface area contributed by atoms with Crippen molar-refractivity contribution in [3.05, 3.63) is 45.3 Å². The third-order valence-corrected chi connectivity index (χ3v) is 3.75. The van der Waals surface area contributed by atoms with Crippen LogP contribution >= 0.6 is 11.6 Å². The first kappa shape index (κ1) is 11.8. The van der Waals surface area contributed by atoms with Gasteiger partial charge in [0.15, 0.2) is 0 Å². The zero-order chi connectivity index (χ0) is 12.9. The molecular formula is C14H15ClN2O. The maximum absolute atomic E-state index is 12.6. The molecule has 0 spiro atoms. The van der Waals surface area contributed by atoms with Crippen LogP contribution in [0.2, 0.25) is 5.02 Å². The lowest BCUT2D eigenvalue weighted by molar-refractivity contribution is 0.620. The van der Waals surface area contributed by atoms with E-state index in [1.54, 1.807) is 6.07 Å². The highest BCUT2D eigenvalue weighted by molar-refractivity contribution is 6.35. The van der Waals surface area contributed by atoms with E-state index in [1.807, 2.05) is 29.7 Å². The number of halogens is 1. The van der Waals surface area contributed by atoms with Gasteiger partial charge in [-0.25, -0.2) is 0 Å². The first-order valence-corrected chi connectivity index (χ1v) is 6.56. The summed E-state index contributed by atoms with van der Waals surface area (Å²) in [6.45, 7) is 1.91. The number of nitrogens with two attached hydrogens (primary N) is 1. The molecule has 1 unspecified atom stereocenters. The number of hydrogen-bond donors (Lipinski definition) is 1. The van der Waals surface area contributed by atoms with Crippen LogP contribution in [0.1, 0.15) is 37.5 Å². The summed E-state index contributed by atoms with van der Waals surface area (Å²) in [6, 6.07) is 7.67. The van der Waals surface area contributed by atoms with Crippen molar-refractivity contribution in [1.82, 2.24) is 4.57 Å². The Bertz CT molecular complexity index is 671. The van der Waals surface area contributed by atoms with Gasteiger partial charge >= 0.3 is 0 Å². The van der Waals surface area contributed by atoms with Crippen LogP contribution in [0.25, 0.3) is 10.8 Å². The van der Waals surface area contributed by atoms with Crippen LogP contribution in [-0.4, -0.2) is 4.57 Å². The van der Waals surface area contributed by atoms with Gasteiger partial charge in [0.1, 0.15) is 0 Å². The predicted molar refractivity (Wildman–Crippen MR) is 74.1 cm³/mol. The van der Waals surface area contributed by atoms with E-state index in [2.05, 4.69) is 0 Å². The molecule has 0 aliphatic heterocycles. The highest BCUT2D eigenvalue weighted by Crippen LogP contribution is 2.36. The average molecular weight is 263 g/mol. The Labute approximate surface area is 110 Å². The Morgan fingerprint density at radius 2 is 2.17 bits per heavy atom. The second-order valence-electron chi connectivity index (χ2n) is 4.97. The number of pyridine rings is 1. The van der Waals surface area contributed by atoms with Crippen molar-refractivity contribution in [1.29, 1.82) is 0 Å². The third kappa shape index (κ3) is 1.74. The molecule has 1 aliphatic rings. The van der Waals surface area contributed by atoms with Crippen molar-refractivity contribution < 1.29 is 0 Å². The molecule has 3 nitrogen and oxygen atoms in total. The standard InChI is InChI=1S/C14H15ClN2O/c1-8(16)12-7-9-3-2-4-11(15)13(9)14(18)17(12)10-5-6-10/h2-4,7-8,10H,5-6,16H2,1H3. The molecule has 2 N–H and O–H groups in total. The summed E-state index contributed by atoms with van der Waals surface area (Å²) in [6.07, 6.45) is 2.10. The Balaban J connectivity index is 2.42. The second-order valence-corrected chi connectivity index (χ2v) is 5.38. The maximum Gasteiger partial charge on any atom is 0.260 e. The maximum atomic E-state index is 12.6. The van der Waals surface area contributed by atoms with Gasteiger partial charge in [0.05, 0.1) is 10.4 Å². The van der Waals surface area contributed by atoms with E-state index in [9.17, 15) is 4.79 Å². The number of fused-ring (bicyclic) bond motifs is 1. The summed E-state index contributed by atoms with van der Waals surface area (Å²) in [4.78, 5) is 12.6. The molecule has 1 fully saturated rings. The van der Waals surface area contributed by atoms with Crippen molar-refractivity contribution in [2.75, 3.05) is 0 Å². The van der Waals surface area contributed by atoms with E-state index in [0.29, 0.717) is 16.5 Å². The topological polar surface area (TPSA) is 48.0 Å². The summed E-state index contributed by atoms with van der Waals surface area (Å²) >= 11 is 6.15. The van der Waals surface area contributed by atoms with Crippen LogP contribution in [0.3, 0.4) is 0 Å². The van der Waals surface area contributed by atoms with Crippen LogP contribution in [0.5, 0.6) is 0 Å². The summed E-state index contributed by atoms with van der Waals surface area (Å²) in [7, 11) is 0. The van der Waals surface area contributed by atoms with Gasteiger partial charge in [0, 0.05) is 17.8 Å². The number of nitrogens with zero attached hydrogens (tertiary/aromatic N) is 1. The fraction of sp³-hybridized carbons (Fsp3) is 0.357. The monoisotopic (exact) mass is 262 g/mol. The van der Waals surface area contributed by atoms with Gasteiger partial charge in [-0.2, -0.15) is 0 Å². The molecule has 0 saturated heterocycles. The summed E-state index contributed by atoms with van der Waals surface area (Å²) < 4.78 is 1.83. The number of benzene rings is 1. The molecule has 1 aromatic carbocycles. The van der Waals surface area contributed by atoms with Crippen molar-refractivity contribution >= 4 is 22.4 Å². The van der Waals surface area contributed by atoms with Gasteiger partial charge in [-0.1, -0.05) is 23.7 Å². The van der Waals surface area contributed by atoms with E-state index in [1.165, 1.54) is 0 Å². The molecule has 1 aromatic heterocycles. The van der Waals surface area contributed by atoms with Crippen molar-refractivity contribution in [3.8, 4) is 0 Å². The first-order valence-electron chi connectivity index (χ1n) is 6.19. The van der Waals surface area contributed by atoms with Gasteiger partial charge in [0.2, 0.25) is 0 Å². The Morgan fingerprint density at radius 3 is 2.78 bits per heavy atom. The molecule has 0 bridgehead atoms. The lowest BCUT2D eigenvalue weighted by Gasteiger charge is -2.16. The molecule has 4 heteroatoms. The normalized spacial score (nSPS) is 17.1. The molecule has 1 heterocycles. The van der Waals surface area contributed by atoms with Gasteiger partial charge < -0.3 is 10.3 Å². The van der Waals surface area contributed by atoms with Gasteiger partial charge in [0.25, 0.3) is 5.56 Å². The largest absolute Gasteiger partial charge is 0.323 e. The highest BCUT2D eigenvalue weighted by atomic mass is 35.5. The van der Waals surface area contributed by atoms with Gasteiger partial charge in [-0.3, -0.25) is 4.79 Å². The molecule has 3 rings (SSSR count). The average Bonchev–Trinajstić information content (AvgIpc) is 3.12. The third-order valence-electron chi connectivity index (χ3n) is 3.44. The van der Waals surface area contributed by atoms with Crippen LogP contribution in [0, 0.1) is 0 Å². The molecule has 1 aliphatic carbocycles. The smallest absolute Gasteiger partial charge is 0.260 e. The molecule has 1 saturated carbocycles. The summed E-state index contributed by atoms with van der Waals surface area (Å²) in [5.74, 6) is 0. The SMILES string of the molecule is CC(N)c1cc2cccc(Cl)c2c(=O)n1C1CC1. The molecule has 0 amide bonds. The lowest BCUT2D eigenvalue weighted by Crippen LogP contribution is -2.26. The number of hydrogen-bond acceptors (Lipinski definition) is 2. The minimum Gasteiger partial charge on any atom is -0.323 e. The molecule has 1 atom stereocenters. The van der Waals surface area contributed by atoms with E-state index in [0.717, 1.165) is 23.9 Å². The highest BCUT2D eigenvalue weighted by Gasteiger charge is 2.28. The summed E-state index contributed by atoms with van der Waals surface area (Å²) in [5, 5.41) is 2.00. The van der Waals surface area contributed by atoms with Gasteiger partial charge in [-0.15, -0.1) is 0 Å². The molecule has 94 valence electrons. The van der Waals surface area contributed by atoms with Crippen LogP contribution in [-0.2, 0) is 0 Å². The van der Waals surface area contributed by atoms with E-state index >= 15 is 0 Å². The molecule has 18 heavy (non-hydrogen) atoms. The Hall–Kier alpha value is -1.32. The fourth-order valence-corrected chi connectivity index (χ4v) is 2.68. The van der Waals surface area contributed by atoms with E-state index in [-0.39, 0.29) is 11.6 Å². The number of aromatic nitrogens is 1. The Morgan fingerprint density at radius 1 is 1.44 bits per heavy atom. The van der Waals surface area contributed by atoms with Crippen LogP contribution < -0.4 is 11.3 Å². The lowest BCUT2D eigenvalue weighted by atomic mass is 10.1. The quantitative estimate of drug-likeness (QED) is 0.904. The second kappa shape index (κ2) is 4.11. The zero-order valence-corrected chi connectivity index (χ0v) is 10.9.